The van der Waals surface area contributed by atoms with E-state index in [0.29, 0.717) is 39.3 Å². The van der Waals surface area contributed by atoms with Crippen molar-refractivity contribution in [2.45, 2.75) is 18.5 Å². The molecule has 19 heavy (non-hydrogen) atoms. The smallest absolute Gasteiger partial charge is 0.262 e. The highest BCUT2D eigenvalue weighted by molar-refractivity contribution is 7.89. The Hall–Kier alpha value is -0.960. The van der Waals surface area contributed by atoms with Crippen LogP contribution in [0.4, 0.5) is 0 Å². The maximum Gasteiger partial charge on any atom is 0.262 e. The molecule has 2 heterocycles. The molecule has 7 nitrogen and oxygen atoms in total. The molecular weight excluding hydrogens is 268 g/mol. The molecule has 2 rings (SSSR count). The number of aryl methyl sites for hydroxylation is 1. The van der Waals surface area contributed by atoms with Crippen LogP contribution >= 0.6 is 0 Å². The van der Waals surface area contributed by atoms with Gasteiger partial charge in [0.25, 0.3) is 10.0 Å². The predicted octanol–water partition coefficient (Wildman–Crippen LogP) is -0.798. The number of aliphatic hydroxyl groups excluding tert-OH is 1. The van der Waals surface area contributed by atoms with Crippen LogP contribution in [-0.2, 0) is 16.6 Å². The first kappa shape index (κ1) is 14.4. The third-order valence-electron chi connectivity index (χ3n) is 3.33. The van der Waals surface area contributed by atoms with E-state index in [1.165, 1.54) is 10.6 Å². The zero-order valence-corrected chi connectivity index (χ0v) is 11.9. The van der Waals surface area contributed by atoms with Crippen molar-refractivity contribution < 1.29 is 13.5 Å². The molecule has 1 saturated heterocycles. The number of hydrogen-bond acceptors (Lipinski definition) is 5. The van der Waals surface area contributed by atoms with Crippen LogP contribution in [-0.4, -0.2) is 71.6 Å². The van der Waals surface area contributed by atoms with E-state index in [0.717, 1.165) is 0 Å². The molecule has 0 amide bonds. The highest BCUT2D eigenvalue weighted by atomic mass is 32.2. The van der Waals surface area contributed by atoms with Gasteiger partial charge in [-0.05, 0) is 6.92 Å². The first-order valence-electron chi connectivity index (χ1n) is 6.43. The maximum absolute atomic E-state index is 12.4. The van der Waals surface area contributed by atoms with Gasteiger partial charge in [-0.3, -0.25) is 4.90 Å². The van der Waals surface area contributed by atoms with Gasteiger partial charge in [-0.2, -0.15) is 4.31 Å². The summed E-state index contributed by atoms with van der Waals surface area (Å²) in [5.74, 6) is 0. The highest BCUT2D eigenvalue weighted by Gasteiger charge is 2.29. The second-order valence-corrected chi connectivity index (χ2v) is 6.40. The summed E-state index contributed by atoms with van der Waals surface area (Å²) in [7, 11) is -3.48. The van der Waals surface area contributed by atoms with Gasteiger partial charge in [-0.1, -0.05) is 0 Å². The lowest BCUT2D eigenvalue weighted by atomic mass is 10.4. The Labute approximate surface area is 113 Å². The van der Waals surface area contributed by atoms with Crippen molar-refractivity contribution in [3.8, 4) is 0 Å². The van der Waals surface area contributed by atoms with E-state index in [1.807, 2.05) is 6.92 Å². The standard InChI is InChI=1S/C11H20N4O3S/c1-2-13-9-11(12-10-13)19(17,18)15-5-3-14(4-6-15)7-8-16/h9-10,16H,2-8H2,1H3. The largest absolute Gasteiger partial charge is 0.395 e. The molecule has 1 aliphatic heterocycles. The molecule has 108 valence electrons. The van der Waals surface area contributed by atoms with E-state index in [2.05, 4.69) is 9.88 Å². The summed E-state index contributed by atoms with van der Waals surface area (Å²) < 4.78 is 27.9. The first-order valence-corrected chi connectivity index (χ1v) is 7.87. The fourth-order valence-electron chi connectivity index (χ4n) is 2.11. The summed E-state index contributed by atoms with van der Waals surface area (Å²) in [6.45, 7) is 5.52. The number of β-amino-alcohol motifs (C(OH)–C–C–N with tert-alkyl or cyclic N) is 1. The molecule has 0 unspecified atom stereocenters. The maximum atomic E-state index is 12.4. The Kier molecular flexibility index (Phi) is 4.56. The second kappa shape index (κ2) is 6.00. The van der Waals surface area contributed by atoms with Gasteiger partial charge < -0.3 is 9.67 Å². The van der Waals surface area contributed by atoms with Crippen LogP contribution < -0.4 is 0 Å². The van der Waals surface area contributed by atoms with E-state index in [-0.39, 0.29) is 11.6 Å². The van der Waals surface area contributed by atoms with Crippen LogP contribution in [0.25, 0.3) is 0 Å². The average Bonchev–Trinajstić information content (AvgIpc) is 2.89. The molecule has 0 aromatic carbocycles. The molecule has 1 fully saturated rings. The van der Waals surface area contributed by atoms with Gasteiger partial charge in [0.05, 0.1) is 12.9 Å². The van der Waals surface area contributed by atoms with Crippen molar-refractivity contribution in [3.63, 3.8) is 0 Å². The normalized spacial score (nSPS) is 18.8. The van der Waals surface area contributed by atoms with Crippen molar-refractivity contribution in [2.24, 2.45) is 0 Å². The molecule has 1 aliphatic rings. The van der Waals surface area contributed by atoms with Gasteiger partial charge in [-0.25, -0.2) is 13.4 Å². The fourth-order valence-corrected chi connectivity index (χ4v) is 3.47. The number of hydrogen-bond donors (Lipinski definition) is 1. The van der Waals surface area contributed by atoms with Crippen molar-refractivity contribution in [1.82, 2.24) is 18.8 Å². The summed E-state index contributed by atoms with van der Waals surface area (Å²) in [6, 6.07) is 0. The van der Waals surface area contributed by atoms with Crippen molar-refractivity contribution in [3.05, 3.63) is 12.5 Å². The molecule has 8 heteroatoms. The molecule has 0 radical (unpaired) electrons. The van der Waals surface area contributed by atoms with E-state index in [9.17, 15) is 8.42 Å². The summed E-state index contributed by atoms with van der Waals surface area (Å²) in [6.07, 6.45) is 3.10. The Balaban J connectivity index is 2.05. The van der Waals surface area contributed by atoms with Crippen LogP contribution in [0.15, 0.2) is 17.6 Å². The van der Waals surface area contributed by atoms with E-state index in [1.54, 1.807) is 10.8 Å². The van der Waals surface area contributed by atoms with Gasteiger partial charge >= 0.3 is 0 Å². The van der Waals surface area contributed by atoms with Gasteiger partial charge in [0.15, 0.2) is 5.03 Å². The summed E-state index contributed by atoms with van der Waals surface area (Å²) in [5.41, 5.74) is 0. The summed E-state index contributed by atoms with van der Waals surface area (Å²) in [4.78, 5) is 6.02. The number of sulfonamides is 1. The molecule has 0 atom stereocenters. The van der Waals surface area contributed by atoms with Crippen molar-refractivity contribution in [2.75, 3.05) is 39.3 Å². The van der Waals surface area contributed by atoms with Gasteiger partial charge in [-0.15, -0.1) is 0 Å². The number of nitrogens with zero attached hydrogens (tertiary/aromatic N) is 4. The molecule has 0 aliphatic carbocycles. The zero-order valence-electron chi connectivity index (χ0n) is 11.1. The lowest BCUT2D eigenvalue weighted by molar-refractivity contribution is 0.151. The third kappa shape index (κ3) is 3.14. The van der Waals surface area contributed by atoms with Crippen LogP contribution in [0, 0.1) is 0 Å². The van der Waals surface area contributed by atoms with Crippen LogP contribution in [0.1, 0.15) is 6.92 Å². The predicted molar refractivity (Wildman–Crippen MR) is 70.2 cm³/mol. The number of rotatable bonds is 5. The topological polar surface area (TPSA) is 78.7 Å². The van der Waals surface area contributed by atoms with Gasteiger partial charge in [0, 0.05) is 45.5 Å². The third-order valence-corrected chi connectivity index (χ3v) is 5.11. The molecule has 1 aromatic rings. The molecule has 0 bridgehead atoms. The summed E-state index contributed by atoms with van der Waals surface area (Å²) >= 11 is 0. The molecular formula is C11H20N4O3S. The number of aliphatic hydroxyl groups is 1. The number of imidazole rings is 1. The SMILES string of the molecule is CCn1cnc(S(=O)(=O)N2CCN(CCO)CC2)c1. The quantitative estimate of drug-likeness (QED) is 0.767. The van der Waals surface area contributed by atoms with E-state index in [4.69, 9.17) is 5.11 Å². The minimum Gasteiger partial charge on any atom is -0.395 e. The average molecular weight is 288 g/mol. The van der Waals surface area contributed by atoms with Crippen LogP contribution in [0.5, 0.6) is 0 Å². The minimum absolute atomic E-state index is 0.105. The molecule has 1 aromatic heterocycles. The summed E-state index contributed by atoms with van der Waals surface area (Å²) in [5, 5.41) is 8.98. The Morgan fingerprint density at radius 2 is 2.00 bits per heavy atom. The monoisotopic (exact) mass is 288 g/mol. The zero-order chi connectivity index (χ0) is 13.9. The lowest BCUT2D eigenvalue weighted by Crippen LogP contribution is -2.49. The van der Waals surface area contributed by atoms with Crippen molar-refractivity contribution >= 4 is 10.0 Å². The van der Waals surface area contributed by atoms with E-state index < -0.39 is 10.0 Å². The highest BCUT2D eigenvalue weighted by Crippen LogP contribution is 2.15. The van der Waals surface area contributed by atoms with Crippen molar-refractivity contribution in [1.29, 1.82) is 0 Å². The molecule has 1 N–H and O–H groups in total. The number of piperazine rings is 1. The Morgan fingerprint density at radius 1 is 1.32 bits per heavy atom. The van der Waals surface area contributed by atoms with Crippen LogP contribution in [0.2, 0.25) is 0 Å². The minimum atomic E-state index is -3.48. The molecule has 0 saturated carbocycles. The Bertz CT molecular complexity index is 506. The fraction of sp³-hybridized carbons (Fsp3) is 0.727. The Morgan fingerprint density at radius 3 is 2.53 bits per heavy atom. The van der Waals surface area contributed by atoms with Crippen LogP contribution in [0.3, 0.4) is 0 Å². The first-order chi connectivity index (χ1) is 9.07. The van der Waals surface area contributed by atoms with E-state index >= 15 is 0 Å². The molecule has 0 spiro atoms. The van der Waals surface area contributed by atoms with Gasteiger partial charge in [0.1, 0.15) is 0 Å². The lowest BCUT2D eigenvalue weighted by Gasteiger charge is -2.33. The number of aromatic nitrogens is 2. The second-order valence-electron chi connectivity index (χ2n) is 4.51. The van der Waals surface area contributed by atoms with Gasteiger partial charge in [0.2, 0.25) is 0 Å².